The first-order valence-corrected chi connectivity index (χ1v) is 15.6. The Labute approximate surface area is 283 Å². The number of hydrogen-bond donors (Lipinski definition) is 6. The minimum Gasteiger partial charge on any atom is -0.481 e. The van der Waals surface area contributed by atoms with Crippen LogP contribution in [0.1, 0.15) is 40.0 Å². The Morgan fingerprint density at radius 3 is 2.30 bits per heavy atom. The van der Waals surface area contributed by atoms with Gasteiger partial charge in [-0.2, -0.15) is 0 Å². The molecule has 0 radical (unpaired) electrons. The van der Waals surface area contributed by atoms with Crippen molar-refractivity contribution in [2.24, 2.45) is 17.6 Å². The van der Waals surface area contributed by atoms with Crippen molar-refractivity contribution in [2.75, 3.05) is 0 Å². The zero-order chi connectivity index (χ0) is 35.7. The molecule has 14 heteroatoms. The number of hydrogen-bond acceptors (Lipinski definition) is 10. The van der Waals surface area contributed by atoms with Crippen LogP contribution in [0, 0.1) is 11.8 Å². The van der Waals surface area contributed by atoms with Crippen molar-refractivity contribution >= 4 is 47.0 Å². The first-order valence-electron chi connectivity index (χ1n) is 14.8. The summed E-state index contributed by atoms with van der Waals surface area (Å²) in [6.45, 7) is 5.10. The molecule has 1 amide bonds. The van der Waals surface area contributed by atoms with E-state index >= 15 is 0 Å². The van der Waals surface area contributed by atoms with Crippen LogP contribution in [-0.4, -0.2) is 91.3 Å². The van der Waals surface area contributed by atoms with Crippen LogP contribution in [-0.2, 0) is 23.9 Å². The molecule has 3 unspecified atom stereocenters. The fourth-order valence-corrected chi connectivity index (χ4v) is 4.56. The Morgan fingerprint density at radius 2 is 1.68 bits per heavy atom. The first-order chi connectivity index (χ1) is 22.1. The third-order valence-electron chi connectivity index (χ3n) is 6.93. The van der Waals surface area contributed by atoms with Gasteiger partial charge < -0.3 is 40.7 Å². The third kappa shape index (κ3) is 15.3. The van der Waals surface area contributed by atoms with Gasteiger partial charge in [-0.1, -0.05) is 85.7 Å². The number of rotatable bonds is 18. The van der Waals surface area contributed by atoms with Gasteiger partial charge in [0.25, 0.3) is 0 Å². The van der Waals surface area contributed by atoms with Crippen LogP contribution >= 0.6 is 23.2 Å². The van der Waals surface area contributed by atoms with E-state index in [0.717, 1.165) is 11.6 Å². The van der Waals surface area contributed by atoms with E-state index in [-0.39, 0.29) is 11.5 Å². The van der Waals surface area contributed by atoms with Gasteiger partial charge in [0.2, 0.25) is 0 Å². The molecular formula is C33H43Cl2NO11. The molecule has 260 valence electrons. The van der Waals surface area contributed by atoms with E-state index in [4.69, 9.17) is 43.5 Å². The van der Waals surface area contributed by atoms with Crippen molar-refractivity contribution in [3.05, 3.63) is 83.5 Å². The van der Waals surface area contributed by atoms with E-state index in [0.29, 0.717) is 6.42 Å². The predicted molar refractivity (Wildman–Crippen MR) is 176 cm³/mol. The topological polar surface area (TPSA) is 214 Å². The Bertz CT molecular complexity index is 1290. The van der Waals surface area contributed by atoms with Gasteiger partial charge in [-0.25, -0.2) is 9.59 Å². The Hall–Kier alpha value is -3.52. The number of Topliss-reactive ketones (excluding diaryl/α,β-unsaturated/α-hetero) is 1. The molecule has 0 aromatic carbocycles. The number of carbonyl (C=O) groups excluding carboxylic acids is 3. The molecule has 0 heterocycles. The van der Waals surface area contributed by atoms with Crippen molar-refractivity contribution in [1.82, 2.24) is 0 Å². The maximum Gasteiger partial charge on any atom is 0.405 e. The summed E-state index contributed by atoms with van der Waals surface area (Å²) in [5.74, 6) is -4.41. The van der Waals surface area contributed by atoms with Gasteiger partial charge in [0.1, 0.15) is 29.8 Å². The summed E-state index contributed by atoms with van der Waals surface area (Å²) in [5, 5.41) is 49.2. The molecule has 0 spiro atoms. The summed E-state index contributed by atoms with van der Waals surface area (Å²) in [4.78, 5) is 46.9. The smallest absolute Gasteiger partial charge is 0.405 e. The molecule has 0 saturated carbocycles. The molecule has 47 heavy (non-hydrogen) atoms. The number of carbonyl (C=O) groups is 4. The van der Waals surface area contributed by atoms with Crippen LogP contribution in [0.3, 0.4) is 0 Å². The molecule has 12 nitrogen and oxygen atoms in total. The number of halogens is 2. The number of carboxylic acids is 1. The van der Waals surface area contributed by atoms with Crippen molar-refractivity contribution < 1.29 is 54.2 Å². The van der Waals surface area contributed by atoms with Crippen molar-refractivity contribution in [3.8, 4) is 0 Å². The average Bonchev–Trinajstić information content (AvgIpc) is 3.02. The molecule has 0 aromatic heterocycles. The molecule has 0 fully saturated rings. The number of aliphatic hydroxyl groups is 4. The number of alkyl halides is 1. The van der Waals surface area contributed by atoms with E-state index < -0.39 is 84.1 Å². The number of carboxylic acid groups (broad SMARTS) is 1. The van der Waals surface area contributed by atoms with Crippen LogP contribution in [0.5, 0.6) is 0 Å². The number of aliphatic carboxylic acids is 1. The molecule has 0 saturated heterocycles. The number of nitrogens with two attached hydrogens (primary N) is 1. The molecule has 1 aliphatic rings. The van der Waals surface area contributed by atoms with Crippen molar-refractivity contribution in [3.63, 3.8) is 0 Å². The van der Waals surface area contributed by atoms with Crippen LogP contribution in [0.4, 0.5) is 4.79 Å². The van der Waals surface area contributed by atoms with Gasteiger partial charge in [0, 0.05) is 29.9 Å². The summed E-state index contributed by atoms with van der Waals surface area (Å²) in [6.07, 6.45) is 8.57. The van der Waals surface area contributed by atoms with E-state index in [9.17, 15) is 39.6 Å². The lowest BCUT2D eigenvalue weighted by Gasteiger charge is -2.26. The third-order valence-corrected chi connectivity index (χ3v) is 7.94. The molecule has 0 aromatic rings. The van der Waals surface area contributed by atoms with Gasteiger partial charge in [0.05, 0.1) is 18.1 Å². The number of ketones is 1. The highest BCUT2D eigenvalue weighted by atomic mass is 35.5. The maximum absolute atomic E-state index is 12.6. The normalized spacial score (nSPS) is 23.1. The van der Waals surface area contributed by atoms with Gasteiger partial charge in [-0.05, 0) is 25.5 Å². The van der Waals surface area contributed by atoms with Gasteiger partial charge in [-0.15, -0.1) is 11.6 Å². The van der Waals surface area contributed by atoms with Crippen molar-refractivity contribution in [1.29, 1.82) is 0 Å². The standard InChI is InChI=1S/C33H43Cl2NO11/c1-4-5-13-26(47-33(36)45)29(35)24(38)18-25(39)31(42)30(41)20(3)22(34)12-8-6-10-19(2)11-7-9-14-28(40)46-27-17-21(32(43)44)15-16-23(27)37/h5-16,20-21,23-24,26-27,29-31,37-38,41-42H,4,17-18H2,1-3H3,(H2,36,45)(H,43,44)/b8-6+,11-7+,13-5+,14-9+,19-10+,22-12-/t20-,21?,23?,24-,26-,27?,29+,30-,31-/m1/s1. The summed E-state index contributed by atoms with van der Waals surface area (Å²) < 4.78 is 10.0. The highest BCUT2D eigenvalue weighted by Crippen LogP contribution is 2.24. The lowest BCUT2D eigenvalue weighted by Crippen LogP contribution is -2.43. The molecule has 0 bridgehead atoms. The average molecular weight is 701 g/mol. The van der Waals surface area contributed by atoms with E-state index in [2.05, 4.69) is 0 Å². The number of esters is 1. The second kappa shape index (κ2) is 21.4. The van der Waals surface area contributed by atoms with Crippen LogP contribution in [0.2, 0.25) is 0 Å². The SMILES string of the molecule is CC/C=C/[C@@H](OC(N)=O)[C@@H](Cl)[C@H](O)CC(=O)[C@@H](O)[C@H](O)[C@H](C)/C(Cl)=C/C=C/C=C(C)/C=C/C=C/C(=O)OC1CC(C(=O)O)C=CC1O. The summed E-state index contributed by atoms with van der Waals surface area (Å²) >= 11 is 12.5. The molecule has 1 rings (SSSR count). The van der Waals surface area contributed by atoms with Crippen molar-refractivity contribution in [2.45, 2.75) is 82.0 Å². The predicted octanol–water partition coefficient (Wildman–Crippen LogP) is 3.37. The number of aliphatic hydroxyl groups excluding tert-OH is 4. The molecular weight excluding hydrogens is 657 g/mol. The largest absolute Gasteiger partial charge is 0.481 e. The van der Waals surface area contributed by atoms with Gasteiger partial charge in [0.15, 0.2) is 5.78 Å². The minimum absolute atomic E-state index is 0.0284. The number of amides is 1. The summed E-state index contributed by atoms with van der Waals surface area (Å²) in [5.41, 5.74) is 5.82. The zero-order valence-corrected chi connectivity index (χ0v) is 27.8. The minimum atomic E-state index is -1.89. The summed E-state index contributed by atoms with van der Waals surface area (Å²) in [7, 11) is 0. The Kier molecular flexibility index (Phi) is 18.9. The number of ether oxygens (including phenoxy) is 2. The highest BCUT2D eigenvalue weighted by molar-refractivity contribution is 6.30. The number of primary amides is 1. The fourth-order valence-electron chi connectivity index (χ4n) is 4.13. The highest BCUT2D eigenvalue weighted by Gasteiger charge is 2.35. The Morgan fingerprint density at radius 1 is 1.04 bits per heavy atom. The second-order valence-corrected chi connectivity index (χ2v) is 11.7. The zero-order valence-electron chi connectivity index (χ0n) is 26.3. The van der Waals surface area contributed by atoms with E-state index in [1.165, 1.54) is 37.3 Å². The number of allylic oxidation sites excluding steroid dienone is 9. The van der Waals surface area contributed by atoms with Crippen LogP contribution in [0.25, 0.3) is 0 Å². The van der Waals surface area contributed by atoms with E-state index in [1.54, 1.807) is 43.4 Å². The van der Waals surface area contributed by atoms with Crippen LogP contribution < -0.4 is 5.73 Å². The lowest BCUT2D eigenvalue weighted by molar-refractivity contribution is -0.152. The Balaban J connectivity index is 2.66. The molecule has 9 atom stereocenters. The molecule has 7 N–H and O–H groups in total. The maximum atomic E-state index is 12.6. The lowest BCUT2D eigenvalue weighted by atomic mass is 9.92. The van der Waals surface area contributed by atoms with Crippen LogP contribution in [0.15, 0.2) is 83.5 Å². The van der Waals surface area contributed by atoms with Gasteiger partial charge in [-0.3, -0.25) is 9.59 Å². The molecule has 0 aliphatic heterocycles. The summed E-state index contributed by atoms with van der Waals surface area (Å²) in [6, 6.07) is 0. The quantitative estimate of drug-likeness (QED) is 0.0401. The molecule has 1 aliphatic carbocycles. The van der Waals surface area contributed by atoms with E-state index in [1.807, 2.05) is 6.92 Å². The fraction of sp³-hybridized carbons (Fsp3) is 0.455. The second-order valence-electron chi connectivity index (χ2n) is 10.7. The first kappa shape index (κ1) is 41.5. The van der Waals surface area contributed by atoms with Gasteiger partial charge >= 0.3 is 18.0 Å². The monoisotopic (exact) mass is 699 g/mol.